The molecule has 2 heterocycles. The number of hydrogen-bond donors (Lipinski definition) is 1. The maximum atomic E-state index is 6.14. The Morgan fingerprint density at radius 3 is 2.83 bits per heavy atom. The Hall–Kier alpha value is -0.870. The molecule has 0 bridgehead atoms. The zero-order valence-electron chi connectivity index (χ0n) is 11.2. The molecule has 1 aromatic rings. The van der Waals surface area contributed by atoms with Crippen LogP contribution in [0.1, 0.15) is 44.0 Å². The minimum Gasteiger partial charge on any atom is -0.376 e. The van der Waals surface area contributed by atoms with E-state index in [1.807, 2.05) is 6.92 Å². The average Bonchev–Trinajstić information content (AvgIpc) is 2.83. The van der Waals surface area contributed by atoms with Crippen LogP contribution in [0.15, 0.2) is 0 Å². The lowest BCUT2D eigenvalue weighted by Crippen LogP contribution is -2.20. The molecule has 18 heavy (non-hydrogen) atoms. The summed E-state index contributed by atoms with van der Waals surface area (Å²) in [5.74, 6) is 1.88. The third-order valence-electron chi connectivity index (χ3n) is 3.14. The smallest absolute Gasteiger partial charge is 0.137 e. The van der Waals surface area contributed by atoms with Gasteiger partial charge in [-0.3, -0.25) is 0 Å². The highest BCUT2D eigenvalue weighted by Crippen LogP contribution is 2.23. The number of rotatable bonds is 4. The molecule has 4 nitrogen and oxygen atoms in total. The minimum absolute atomic E-state index is 0.270. The fraction of sp³-hybridized carbons (Fsp3) is 0.692. The van der Waals surface area contributed by atoms with Gasteiger partial charge in [-0.05, 0) is 19.8 Å². The van der Waals surface area contributed by atoms with Crippen LogP contribution in [0.2, 0.25) is 5.15 Å². The van der Waals surface area contributed by atoms with Crippen LogP contribution in [0.4, 0.5) is 5.82 Å². The van der Waals surface area contributed by atoms with E-state index < -0.39 is 0 Å². The van der Waals surface area contributed by atoms with E-state index in [0.29, 0.717) is 11.3 Å². The summed E-state index contributed by atoms with van der Waals surface area (Å²) >= 11 is 6.14. The number of nitrogens with one attached hydrogen (secondary N) is 1. The Bertz CT molecular complexity index is 417. The van der Waals surface area contributed by atoms with Crippen LogP contribution in [0, 0.1) is 6.92 Å². The van der Waals surface area contributed by atoms with E-state index in [9.17, 15) is 0 Å². The van der Waals surface area contributed by atoms with Gasteiger partial charge in [0.2, 0.25) is 0 Å². The van der Waals surface area contributed by atoms with E-state index in [1.165, 1.54) is 0 Å². The van der Waals surface area contributed by atoms with E-state index in [1.54, 1.807) is 0 Å². The fourth-order valence-corrected chi connectivity index (χ4v) is 2.13. The van der Waals surface area contributed by atoms with Gasteiger partial charge in [0.1, 0.15) is 16.8 Å². The highest BCUT2D eigenvalue weighted by Gasteiger charge is 2.17. The summed E-state index contributed by atoms with van der Waals surface area (Å²) in [5, 5.41) is 3.86. The van der Waals surface area contributed by atoms with Crippen molar-refractivity contribution < 1.29 is 4.74 Å². The molecule has 5 heteroatoms. The van der Waals surface area contributed by atoms with Gasteiger partial charge >= 0.3 is 0 Å². The maximum absolute atomic E-state index is 6.14. The standard InChI is InChI=1S/C13H20ClN3O/c1-8(2)12-16-11(14)9(3)13(17-12)15-7-10-5-4-6-18-10/h8,10H,4-7H2,1-3H3,(H,15,16,17). The molecular weight excluding hydrogens is 250 g/mol. The predicted octanol–water partition coefficient (Wildman–Crippen LogP) is 3.15. The zero-order valence-corrected chi connectivity index (χ0v) is 11.9. The van der Waals surface area contributed by atoms with E-state index in [-0.39, 0.29) is 5.92 Å². The van der Waals surface area contributed by atoms with Gasteiger partial charge in [-0.1, -0.05) is 25.4 Å². The van der Waals surface area contributed by atoms with Crippen LogP contribution in [-0.4, -0.2) is 29.2 Å². The van der Waals surface area contributed by atoms with Crippen molar-refractivity contribution in [1.29, 1.82) is 0 Å². The first kappa shape index (κ1) is 13.6. The summed E-state index contributed by atoms with van der Waals surface area (Å²) in [6.45, 7) is 7.71. The third-order valence-corrected chi connectivity index (χ3v) is 3.51. The molecule has 0 spiro atoms. The first-order valence-electron chi connectivity index (χ1n) is 6.47. The lowest BCUT2D eigenvalue weighted by Gasteiger charge is -2.15. The van der Waals surface area contributed by atoms with Crippen molar-refractivity contribution in [2.24, 2.45) is 0 Å². The van der Waals surface area contributed by atoms with E-state index in [4.69, 9.17) is 16.3 Å². The molecule has 1 aromatic heterocycles. The highest BCUT2D eigenvalue weighted by molar-refractivity contribution is 6.30. The molecular formula is C13H20ClN3O. The quantitative estimate of drug-likeness (QED) is 0.853. The van der Waals surface area contributed by atoms with Crippen molar-refractivity contribution in [2.75, 3.05) is 18.5 Å². The number of nitrogens with zero attached hydrogens (tertiary/aromatic N) is 2. The number of halogens is 1. The monoisotopic (exact) mass is 269 g/mol. The summed E-state index contributed by atoms with van der Waals surface area (Å²) in [5.41, 5.74) is 0.902. The van der Waals surface area contributed by atoms with Gasteiger partial charge in [0, 0.05) is 24.6 Å². The summed E-state index contributed by atoms with van der Waals surface area (Å²) in [4.78, 5) is 8.83. The Morgan fingerprint density at radius 1 is 1.44 bits per heavy atom. The van der Waals surface area contributed by atoms with Crippen LogP contribution in [-0.2, 0) is 4.74 Å². The molecule has 1 aliphatic rings. The highest BCUT2D eigenvalue weighted by atomic mass is 35.5. The van der Waals surface area contributed by atoms with Crippen molar-refractivity contribution in [2.45, 2.75) is 45.6 Å². The largest absolute Gasteiger partial charge is 0.376 e. The molecule has 1 aliphatic heterocycles. The predicted molar refractivity (Wildman–Crippen MR) is 73.3 cm³/mol. The van der Waals surface area contributed by atoms with E-state index in [0.717, 1.165) is 43.2 Å². The van der Waals surface area contributed by atoms with Gasteiger partial charge in [0.15, 0.2) is 0 Å². The minimum atomic E-state index is 0.270. The Balaban J connectivity index is 2.10. The van der Waals surface area contributed by atoms with Crippen LogP contribution < -0.4 is 5.32 Å². The lowest BCUT2D eigenvalue weighted by molar-refractivity contribution is 0.120. The third kappa shape index (κ3) is 3.12. The number of ether oxygens (including phenoxy) is 1. The number of aromatic nitrogens is 2. The van der Waals surface area contributed by atoms with Crippen LogP contribution in [0.3, 0.4) is 0 Å². The van der Waals surface area contributed by atoms with Crippen molar-refractivity contribution in [1.82, 2.24) is 9.97 Å². The second-order valence-electron chi connectivity index (χ2n) is 5.02. The SMILES string of the molecule is Cc1c(Cl)nc(C(C)C)nc1NCC1CCCO1. The van der Waals surface area contributed by atoms with Crippen molar-refractivity contribution in [3.63, 3.8) is 0 Å². The number of anilines is 1. The molecule has 1 saturated heterocycles. The zero-order chi connectivity index (χ0) is 13.1. The second-order valence-corrected chi connectivity index (χ2v) is 5.37. The molecule has 0 aliphatic carbocycles. The molecule has 0 saturated carbocycles. The summed E-state index contributed by atoms with van der Waals surface area (Å²) in [7, 11) is 0. The van der Waals surface area contributed by atoms with Crippen LogP contribution >= 0.6 is 11.6 Å². The van der Waals surface area contributed by atoms with Gasteiger partial charge in [-0.2, -0.15) is 0 Å². The first-order valence-corrected chi connectivity index (χ1v) is 6.85. The molecule has 1 atom stereocenters. The van der Waals surface area contributed by atoms with Crippen LogP contribution in [0.5, 0.6) is 0 Å². The Morgan fingerprint density at radius 2 is 2.22 bits per heavy atom. The number of hydrogen-bond acceptors (Lipinski definition) is 4. The topological polar surface area (TPSA) is 47.0 Å². The van der Waals surface area contributed by atoms with Crippen LogP contribution in [0.25, 0.3) is 0 Å². The van der Waals surface area contributed by atoms with Gasteiger partial charge in [0.05, 0.1) is 6.10 Å². The van der Waals surface area contributed by atoms with Gasteiger partial charge in [-0.25, -0.2) is 9.97 Å². The maximum Gasteiger partial charge on any atom is 0.137 e. The van der Waals surface area contributed by atoms with Crippen molar-refractivity contribution >= 4 is 17.4 Å². The first-order chi connectivity index (χ1) is 8.58. The van der Waals surface area contributed by atoms with E-state index in [2.05, 4.69) is 29.1 Å². The normalized spacial score (nSPS) is 19.5. The van der Waals surface area contributed by atoms with E-state index >= 15 is 0 Å². The molecule has 1 N–H and O–H groups in total. The molecule has 0 amide bonds. The summed E-state index contributed by atoms with van der Waals surface area (Å²) in [6, 6.07) is 0. The molecule has 1 unspecified atom stereocenters. The lowest BCUT2D eigenvalue weighted by atomic mass is 10.2. The van der Waals surface area contributed by atoms with Gasteiger partial charge in [0.25, 0.3) is 0 Å². The molecule has 1 fully saturated rings. The molecule has 0 aromatic carbocycles. The Labute approximate surface area is 113 Å². The summed E-state index contributed by atoms with van der Waals surface area (Å²) < 4.78 is 5.58. The average molecular weight is 270 g/mol. The molecule has 100 valence electrons. The molecule has 0 radical (unpaired) electrons. The van der Waals surface area contributed by atoms with Gasteiger partial charge in [-0.15, -0.1) is 0 Å². The summed E-state index contributed by atoms with van der Waals surface area (Å²) in [6.07, 6.45) is 2.55. The Kier molecular flexibility index (Phi) is 4.40. The van der Waals surface area contributed by atoms with Crippen molar-refractivity contribution in [3.05, 3.63) is 16.5 Å². The second kappa shape index (κ2) is 5.85. The van der Waals surface area contributed by atoms with Gasteiger partial charge < -0.3 is 10.1 Å². The van der Waals surface area contributed by atoms with Crippen molar-refractivity contribution in [3.8, 4) is 0 Å². The fourth-order valence-electron chi connectivity index (χ4n) is 1.95. The molecule has 2 rings (SSSR count).